The van der Waals surface area contributed by atoms with E-state index in [4.69, 9.17) is 0 Å². The Kier molecular flexibility index (Phi) is 1.58. The molecule has 2 aliphatic rings. The Balaban J connectivity index is 0.000000405. The van der Waals surface area contributed by atoms with Crippen LogP contribution in [0.4, 0.5) is 0 Å². The van der Waals surface area contributed by atoms with Gasteiger partial charge in [-0.2, -0.15) is 0 Å². The minimum atomic E-state index is 0. The van der Waals surface area contributed by atoms with E-state index in [-0.39, 0.29) is 7.43 Å². The van der Waals surface area contributed by atoms with Crippen LogP contribution in [0.2, 0.25) is 0 Å². The van der Waals surface area contributed by atoms with E-state index in [0.717, 1.165) is 11.3 Å². The SMILES string of the molecule is C.CC1CC2(CCC2)C1. The lowest BCUT2D eigenvalue weighted by atomic mass is 9.52. The number of hydrogen-bond acceptors (Lipinski definition) is 0. The van der Waals surface area contributed by atoms with Gasteiger partial charge in [-0.05, 0) is 37.0 Å². The highest BCUT2D eigenvalue weighted by molar-refractivity contribution is 4.97. The van der Waals surface area contributed by atoms with Gasteiger partial charge in [0.1, 0.15) is 0 Å². The van der Waals surface area contributed by atoms with Gasteiger partial charge in [0.2, 0.25) is 0 Å². The summed E-state index contributed by atoms with van der Waals surface area (Å²) >= 11 is 0. The molecule has 0 radical (unpaired) electrons. The Labute approximate surface area is 58.7 Å². The molecule has 0 unspecified atom stereocenters. The van der Waals surface area contributed by atoms with Gasteiger partial charge in [-0.25, -0.2) is 0 Å². The molecule has 0 heterocycles. The first-order valence-electron chi connectivity index (χ1n) is 3.81. The normalized spacial score (nSPS) is 30.3. The molecule has 0 atom stereocenters. The molecule has 0 N–H and O–H groups in total. The van der Waals surface area contributed by atoms with Crippen molar-refractivity contribution < 1.29 is 0 Å². The zero-order valence-corrected chi connectivity index (χ0v) is 5.61. The molecule has 2 fully saturated rings. The van der Waals surface area contributed by atoms with Crippen LogP contribution in [0.3, 0.4) is 0 Å². The van der Waals surface area contributed by atoms with Crippen molar-refractivity contribution in [2.45, 2.75) is 46.5 Å². The van der Waals surface area contributed by atoms with Crippen LogP contribution in [0.1, 0.15) is 46.5 Å². The lowest BCUT2D eigenvalue weighted by molar-refractivity contribution is -0.0161. The lowest BCUT2D eigenvalue weighted by Crippen LogP contribution is -2.41. The van der Waals surface area contributed by atoms with E-state index >= 15 is 0 Å². The maximum Gasteiger partial charge on any atom is -0.0292 e. The Morgan fingerprint density at radius 3 is 1.89 bits per heavy atom. The monoisotopic (exact) mass is 126 g/mol. The summed E-state index contributed by atoms with van der Waals surface area (Å²) in [5.41, 5.74) is 0.916. The second kappa shape index (κ2) is 2.00. The summed E-state index contributed by atoms with van der Waals surface area (Å²) in [4.78, 5) is 0. The smallest absolute Gasteiger partial charge is 0.0292 e. The van der Waals surface area contributed by atoms with Crippen LogP contribution in [0, 0.1) is 11.3 Å². The van der Waals surface area contributed by atoms with Crippen molar-refractivity contribution in [2.75, 3.05) is 0 Å². The molecule has 0 amide bonds. The molecule has 54 valence electrons. The van der Waals surface area contributed by atoms with Crippen molar-refractivity contribution in [1.82, 2.24) is 0 Å². The van der Waals surface area contributed by atoms with Gasteiger partial charge >= 0.3 is 0 Å². The van der Waals surface area contributed by atoms with Crippen molar-refractivity contribution in [3.8, 4) is 0 Å². The molecule has 0 saturated heterocycles. The van der Waals surface area contributed by atoms with Gasteiger partial charge in [0.25, 0.3) is 0 Å². The Morgan fingerprint density at radius 1 is 1.22 bits per heavy atom. The standard InChI is InChI=1S/C8H14.CH4/c1-7-5-8(6-7)3-2-4-8;/h7H,2-6H2,1H3;1H4. The molecule has 0 aliphatic heterocycles. The predicted octanol–water partition coefficient (Wildman–Crippen LogP) is 3.22. The minimum absolute atomic E-state index is 0. The molecule has 0 nitrogen and oxygen atoms in total. The van der Waals surface area contributed by atoms with Crippen molar-refractivity contribution in [3.05, 3.63) is 0 Å². The van der Waals surface area contributed by atoms with E-state index in [1.165, 1.54) is 6.42 Å². The predicted molar refractivity (Wildman–Crippen MR) is 41.4 cm³/mol. The molecule has 0 aromatic heterocycles. The van der Waals surface area contributed by atoms with E-state index in [0.29, 0.717) is 0 Å². The molecule has 0 bridgehead atoms. The number of hydrogen-bond donors (Lipinski definition) is 0. The molecule has 0 heteroatoms. The van der Waals surface area contributed by atoms with Crippen LogP contribution in [0.25, 0.3) is 0 Å². The summed E-state index contributed by atoms with van der Waals surface area (Å²) in [6, 6.07) is 0. The van der Waals surface area contributed by atoms with E-state index in [9.17, 15) is 0 Å². The summed E-state index contributed by atoms with van der Waals surface area (Å²) in [7, 11) is 0. The highest BCUT2D eigenvalue weighted by atomic mass is 14.5. The van der Waals surface area contributed by atoms with Crippen molar-refractivity contribution in [3.63, 3.8) is 0 Å². The summed E-state index contributed by atoms with van der Waals surface area (Å²) in [6.07, 6.45) is 7.72. The Bertz CT molecular complexity index is 92.6. The zero-order chi connectivity index (χ0) is 5.61. The van der Waals surface area contributed by atoms with Gasteiger partial charge in [-0.1, -0.05) is 20.8 Å². The van der Waals surface area contributed by atoms with Crippen LogP contribution < -0.4 is 0 Å². The van der Waals surface area contributed by atoms with Crippen molar-refractivity contribution >= 4 is 0 Å². The zero-order valence-electron chi connectivity index (χ0n) is 5.61. The number of rotatable bonds is 0. The molecular formula is C9H18. The molecule has 2 aliphatic carbocycles. The van der Waals surface area contributed by atoms with Crippen LogP contribution in [-0.2, 0) is 0 Å². The third-order valence-corrected chi connectivity index (χ3v) is 2.98. The third kappa shape index (κ3) is 0.889. The molecule has 1 spiro atoms. The second-order valence-electron chi connectivity index (χ2n) is 3.87. The van der Waals surface area contributed by atoms with E-state index in [1.807, 2.05) is 0 Å². The second-order valence-corrected chi connectivity index (χ2v) is 3.87. The fraction of sp³-hybridized carbons (Fsp3) is 1.00. The maximum absolute atomic E-state index is 2.38. The molecule has 2 saturated carbocycles. The third-order valence-electron chi connectivity index (χ3n) is 2.98. The van der Waals surface area contributed by atoms with E-state index in [1.54, 1.807) is 25.7 Å². The van der Waals surface area contributed by atoms with Crippen LogP contribution in [0.15, 0.2) is 0 Å². The average molecular weight is 126 g/mol. The fourth-order valence-corrected chi connectivity index (χ4v) is 2.50. The van der Waals surface area contributed by atoms with Gasteiger partial charge in [0, 0.05) is 0 Å². The molecule has 0 aromatic carbocycles. The quantitative estimate of drug-likeness (QED) is 0.467. The Hall–Kier alpha value is 0. The first kappa shape index (κ1) is 7.11. The summed E-state index contributed by atoms with van der Waals surface area (Å²) in [6.45, 7) is 2.38. The summed E-state index contributed by atoms with van der Waals surface area (Å²) in [5.74, 6) is 1.07. The van der Waals surface area contributed by atoms with Gasteiger partial charge < -0.3 is 0 Å². The van der Waals surface area contributed by atoms with Crippen molar-refractivity contribution in [2.24, 2.45) is 11.3 Å². The molecule has 2 rings (SSSR count). The van der Waals surface area contributed by atoms with Crippen LogP contribution >= 0.6 is 0 Å². The van der Waals surface area contributed by atoms with Crippen LogP contribution in [-0.4, -0.2) is 0 Å². The van der Waals surface area contributed by atoms with Crippen LogP contribution in [0.5, 0.6) is 0 Å². The van der Waals surface area contributed by atoms with Gasteiger partial charge in [-0.15, -0.1) is 0 Å². The fourth-order valence-electron chi connectivity index (χ4n) is 2.50. The topological polar surface area (TPSA) is 0 Å². The first-order chi connectivity index (χ1) is 3.81. The van der Waals surface area contributed by atoms with E-state index < -0.39 is 0 Å². The molecule has 9 heavy (non-hydrogen) atoms. The minimum Gasteiger partial charge on any atom is -0.0776 e. The van der Waals surface area contributed by atoms with Crippen molar-refractivity contribution in [1.29, 1.82) is 0 Å². The van der Waals surface area contributed by atoms with Gasteiger partial charge in [-0.3, -0.25) is 0 Å². The van der Waals surface area contributed by atoms with E-state index in [2.05, 4.69) is 6.92 Å². The molecular weight excluding hydrogens is 108 g/mol. The Morgan fingerprint density at radius 2 is 1.78 bits per heavy atom. The van der Waals surface area contributed by atoms with Gasteiger partial charge in [0.05, 0.1) is 0 Å². The highest BCUT2D eigenvalue weighted by Gasteiger charge is 2.45. The highest BCUT2D eigenvalue weighted by Crippen LogP contribution is 2.58. The average Bonchev–Trinajstić information content (AvgIpc) is 1.51. The summed E-state index contributed by atoms with van der Waals surface area (Å²) in [5, 5.41) is 0. The largest absolute Gasteiger partial charge is 0.0776 e. The lowest BCUT2D eigenvalue weighted by Gasteiger charge is -2.53. The molecule has 0 aromatic rings. The first-order valence-corrected chi connectivity index (χ1v) is 3.81. The van der Waals surface area contributed by atoms with Gasteiger partial charge in [0.15, 0.2) is 0 Å². The summed E-state index contributed by atoms with van der Waals surface area (Å²) < 4.78 is 0. The maximum atomic E-state index is 2.38.